The van der Waals surface area contributed by atoms with Gasteiger partial charge in [0.15, 0.2) is 0 Å². The highest BCUT2D eigenvalue weighted by atomic mass is 16.5. The lowest BCUT2D eigenvalue weighted by Crippen LogP contribution is -2.39. The number of amides is 1. The number of hydrogen-bond acceptors (Lipinski definition) is 3. The highest BCUT2D eigenvalue weighted by molar-refractivity contribution is 6.01. The zero-order valence-electron chi connectivity index (χ0n) is 9.62. The lowest BCUT2D eigenvalue weighted by Gasteiger charge is -2.30. The van der Waals surface area contributed by atoms with E-state index in [0.717, 1.165) is 17.9 Å². The van der Waals surface area contributed by atoms with Crippen LogP contribution < -0.4 is 10.2 Å². The molecule has 2 rings (SSSR count). The van der Waals surface area contributed by atoms with Crippen LogP contribution in [-0.4, -0.2) is 32.7 Å². The number of rotatable bonds is 3. The molecule has 4 heteroatoms. The second-order valence-electron chi connectivity index (χ2n) is 3.98. The maximum absolute atomic E-state index is 11.5. The van der Waals surface area contributed by atoms with Gasteiger partial charge in [-0.3, -0.25) is 4.79 Å². The molecule has 1 N–H and O–H groups in total. The van der Waals surface area contributed by atoms with Gasteiger partial charge in [0.25, 0.3) is 0 Å². The van der Waals surface area contributed by atoms with Crippen molar-refractivity contribution in [1.82, 2.24) is 0 Å². The molecule has 1 aliphatic rings. The molecule has 1 aromatic carbocycles. The minimum absolute atomic E-state index is 0.0347. The quantitative estimate of drug-likeness (QED) is 0.837. The normalized spacial score (nSPS) is 14.6. The van der Waals surface area contributed by atoms with E-state index in [-0.39, 0.29) is 5.91 Å². The molecule has 0 spiro atoms. The van der Waals surface area contributed by atoms with E-state index in [4.69, 9.17) is 4.74 Å². The van der Waals surface area contributed by atoms with Crippen LogP contribution in [0.3, 0.4) is 0 Å². The second kappa shape index (κ2) is 4.53. The van der Waals surface area contributed by atoms with Crippen LogP contribution in [0.25, 0.3) is 0 Å². The first-order valence-electron chi connectivity index (χ1n) is 5.35. The fraction of sp³-hybridized carbons (Fsp3) is 0.417. The number of nitrogens with one attached hydrogen (secondary N) is 1. The topological polar surface area (TPSA) is 41.6 Å². The van der Waals surface area contributed by atoms with Crippen LogP contribution in [0.2, 0.25) is 0 Å². The van der Waals surface area contributed by atoms with Crippen molar-refractivity contribution in [2.24, 2.45) is 0 Å². The van der Waals surface area contributed by atoms with E-state index in [2.05, 4.69) is 11.4 Å². The Labute approximate surface area is 95.2 Å². The Morgan fingerprint density at radius 1 is 1.50 bits per heavy atom. The Morgan fingerprint density at radius 2 is 2.31 bits per heavy atom. The number of carbonyl (C=O) groups excluding carboxylic acids is 1. The summed E-state index contributed by atoms with van der Waals surface area (Å²) >= 11 is 0. The molecule has 0 atom stereocenters. The van der Waals surface area contributed by atoms with Gasteiger partial charge < -0.3 is 15.0 Å². The van der Waals surface area contributed by atoms with Gasteiger partial charge >= 0.3 is 0 Å². The smallest absolute Gasteiger partial charge is 0.243 e. The van der Waals surface area contributed by atoms with Crippen molar-refractivity contribution < 1.29 is 9.53 Å². The molecule has 1 aromatic rings. The number of anilines is 2. The minimum atomic E-state index is 0.0347. The Balaban J connectivity index is 2.28. The van der Waals surface area contributed by atoms with Gasteiger partial charge in [-0.1, -0.05) is 6.07 Å². The number of nitrogens with zero attached hydrogens (tertiary/aromatic N) is 1. The number of methoxy groups -OCH3 is 1. The van der Waals surface area contributed by atoms with E-state index >= 15 is 0 Å². The Kier molecular flexibility index (Phi) is 3.10. The molecule has 0 bridgehead atoms. The summed E-state index contributed by atoms with van der Waals surface area (Å²) in [6.45, 7) is 3.81. The zero-order chi connectivity index (χ0) is 11.5. The predicted octanol–water partition coefficient (Wildman–Crippen LogP) is 1.40. The summed E-state index contributed by atoms with van der Waals surface area (Å²) in [5, 5.41) is 2.87. The van der Waals surface area contributed by atoms with Crippen LogP contribution in [0.15, 0.2) is 18.2 Å². The summed E-state index contributed by atoms with van der Waals surface area (Å²) in [7, 11) is 1.67. The first-order valence-corrected chi connectivity index (χ1v) is 5.35. The lowest BCUT2D eigenvalue weighted by molar-refractivity contribution is -0.115. The maximum Gasteiger partial charge on any atom is 0.243 e. The van der Waals surface area contributed by atoms with Crippen molar-refractivity contribution in [1.29, 1.82) is 0 Å². The van der Waals surface area contributed by atoms with Gasteiger partial charge in [-0.05, 0) is 24.6 Å². The van der Waals surface area contributed by atoms with Crippen molar-refractivity contribution in [3.05, 3.63) is 23.8 Å². The summed E-state index contributed by atoms with van der Waals surface area (Å²) in [5.74, 6) is 0.0347. The van der Waals surface area contributed by atoms with Crippen molar-refractivity contribution in [2.45, 2.75) is 6.92 Å². The van der Waals surface area contributed by atoms with E-state index in [1.165, 1.54) is 5.56 Å². The van der Waals surface area contributed by atoms with E-state index in [1.807, 2.05) is 24.0 Å². The Bertz CT molecular complexity index is 404. The van der Waals surface area contributed by atoms with Crippen molar-refractivity contribution >= 4 is 17.3 Å². The molecule has 16 heavy (non-hydrogen) atoms. The highest BCUT2D eigenvalue weighted by Crippen LogP contribution is 2.29. The third-order valence-electron chi connectivity index (χ3n) is 2.67. The van der Waals surface area contributed by atoms with Gasteiger partial charge in [0.2, 0.25) is 5.91 Å². The van der Waals surface area contributed by atoms with Crippen molar-refractivity contribution in [3.63, 3.8) is 0 Å². The van der Waals surface area contributed by atoms with Crippen molar-refractivity contribution in [2.75, 3.05) is 37.0 Å². The monoisotopic (exact) mass is 220 g/mol. The Morgan fingerprint density at radius 3 is 3.06 bits per heavy atom. The molecule has 0 unspecified atom stereocenters. The van der Waals surface area contributed by atoms with Gasteiger partial charge in [-0.25, -0.2) is 0 Å². The molecule has 0 fully saturated rings. The summed E-state index contributed by atoms with van der Waals surface area (Å²) in [6, 6.07) is 6.03. The molecule has 1 aliphatic heterocycles. The number of fused-ring (bicyclic) bond motifs is 1. The van der Waals surface area contributed by atoms with Crippen LogP contribution in [0, 0.1) is 6.92 Å². The van der Waals surface area contributed by atoms with Crippen LogP contribution >= 0.6 is 0 Å². The average Bonchev–Trinajstić information content (AvgIpc) is 2.26. The van der Waals surface area contributed by atoms with Gasteiger partial charge in [0, 0.05) is 13.7 Å². The molecule has 4 nitrogen and oxygen atoms in total. The standard InChI is InChI=1S/C12H16N2O2/c1-9-3-4-10-11(7-9)14(5-6-16-2)8-12(15)13-10/h3-4,7H,5-6,8H2,1-2H3,(H,13,15). The molecule has 0 radical (unpaired) electrons. The Hall–Kier alpha value is -1.55. The first kappa shape index (κ1) is 11.0. The number of hydrogen-bond donors (Lipinski definition) is 1. The van der Waals surface area contributed by atoms with E-state index in [9.17, 15) is 4.79 Å². The third-order valence-corrected chi connectivity index (χ3v) is 2.67. The summed E-state index contributed by atoms with van der Waals surface area (Å²) in [5.41, 5.74) is 3.16. The van der Waals surface area contributed by atoms with Gasteiger partial charge in [-0.15, -0.1) is 0 Å². The first-order chi connectivity index (χ1) is 7.70. The minimum Gasteiger partial charge on any atom is -0.383 e. The molecule has 1 heterocycles. The van der Waals surface area contributed by atoms with E-state index < -0.39 is 0 Å². The van der Waals surface area contributed by atoms with Gasteiger partial charge in [0.05, 0.1) is 24.5 Å². The molecule has 0 saturated carbocycles. The number of aryl methyl sites for hydroxylation is 1. The summed E-state index contributed by atoms with van der Waals surface area (Å²) < 4.78 is 5.05. The van der Waals surface area contributed by atoms with Crippen LogP contribution in [-0.2, 0) is 9.53 Å². The average molecular weight is 220 g/mol. The summed E-state index contributed by atoms with van der Waals surface area (Å²) in [4.78, 5) is 13.5. The predicted molar refractivity (Wildman–Crippen MR) is 63.9 cm³/mol. The number of carbonyl (C=O) groups is 1. The SMILES string of the molecule is COCCN1CC(=O)Nc2ccc(C)cc21. The van der Waals surface area contributed by atoms with Crippen LogP contribution in [0.1, 0.15) is 5.56 Å². The van der Waals surface area contributed by atoms with E-state index in [1.54, 1.807) is 7.11 Å². The van der Waals surface area contributed by atoms with Crippen molar-refractivity contribution in [3.8, 4) is 0 Å². The fourth-order valence-electron chi connectivity index (χ4n) is 1.86. The third kappa shape index (κ3) is 2.17. The van der Waals surface area contributed by atoms with E-state index in [0.29, 0.717) is 13.2 Å². The van der Waals surface area contributed by atoms with Crippen LogP contribution in [0.4, 0.5) is 11.4 Å². The largest absolute Gasteiger partial charge is 0.383 e. The highest BCUT2D eigenvalue weighted by Gasteiger charge is 2.21. The lowest BCUT2D eigenvalue weighted by atomic mass is 10.1. The molecule has 0 aromatic heterocycles. The van der Waals surface area contributed by atoms with Gasteiger partial charge in [0.1, 0.15) is 0 Å². The van der Waals surface area contributed by atoms with Gasteiger partial charge in [-0.2, -0.15) is 0 Å². The molecule has 86 valence electrons. The fourth-order valence-corrected chi connectivity index (χ4v) is 1.86. The van der Waals surface area contributed by atoms with Crippen LogP contribution in [0.5, 0.6) is 0 Å². The number of ether oxygens (including phenoxy) is 1. The maximum atomic E-state index is 11.5. The molecule has 0 aliphatic carbocycles. The molecule has 0 saturated heterocycles. The molecular weight excluding hydrogens is 204 g/mol. The molecular formula is C12H16N2O2. The molecule has 1 amide bonds. The number of benzene rings is 1. The zero-order valence-corrected chi connectivity index (χ0v) is 9.62. The summed E-state index contributed by atoms with van der Waals surface area (Å²) in [6.07, 6.45) is 0. The second-order valence-corrected chi connectivity index (χ2v) is 3.98.